The zero-order valence-corrected chi connectivity index (χ0v) is 9.98. The van der Waals surface area contributed by atoms with E-state index in [1.165, 1.54) is 5.56 Å². The highest BCUT2D eigenvalue weighted by molar-refractivity contribution is 5.96. The molecule has 1 aromatic carbocycles. The van der Waals surface area contributed by atoms with Crippen LogP contribution >= 0.6 is 0 Å². The molecule has 2 heterocycles. The van der Waals surface area contributed by atoms with Crippen LogP contribution in [-0.2, 0) is 11.2 Å². The van der Waals surface area contributed by atoms with Crippen molar-refractivity contribution in [1.82, 2.24) is 5.32 Å². The number of hydrogen-bond acceptors (Lipinski definition) is 2. The number of aryl methyl sites for hydroxylation is 1. The number of amides is 1. The highest BCUT2D eigenvalue weighted by Crippen LogP contribution is 2.28. The maximum Gasteiger partial charge on any atom is 0.231 e. The standard InChI is InChI=1S/C14H18N2O/c17-14(12-7-8-15-10-12)16-9-3-5-11-4-1-2-6-13(11)16/h1-2,4,6,12,15H,3,5,7-10H2. The smallest absolute Gasteiger partial charge is 0.231 e. The molecule has 1 amide bonds. The summed E-state index contributed by atoms with van der Waals surface area (Å²) in [4.78, 5) is 14.4. The molecular formula is C14H18N2O. The second kappa shape index (κ2) is 4.49. The fourth-order valence-corrected chi connectivity index (χ4v) is 2.85. The maximum absolute atomic E-state index is 12.4. The number of anilines is 1. The molecule has 0 aliphatic carbocycles. The minimum Gasteiger partial charge on any atom is -0.316 e. The molecule has 3 nitrogen and oxygen atoms in total. The molecule has 90 valence electrons. The number of nitrogens with one attached hydrogen (secondary N) is 1. The quantitative estimate of drug-likeness (QED) is 0.794. The Morgan fingerprint density at radius 2 is 2.24 bits per heavy atom. The molecular weight excluding hydrogens is 212 g/mol. The van der Waals surface area contributed by atoms with Crippen molar-refractivity contribution in [2.24, 2.45) is 5.92 Å². The van der Waals surface area contributed by atoms with Crippen molar-refractivity contribution in [2.75, 3.05) is 24.5 Å². The Morgan fingerprint density at radius 3 is 3.06 bits per heavy atom. The monoisotopic (exact) mass is 230 g/mol. The summed E-state index contributed by atoms with van der Waals surface area (Å²) in [5, 5.41) is 3.27. The van der Waals surface area contributed by atoms with Gasteiger partial charge in [-0.2, -0.15) is 0 Å². The van der Waals surface area contributed by atoms with Crippen LogP contribution in [0.25, 0.3) is 0 Å². The van der Waals surface area contributed by atoms with E-state index in [1.807, 2.05) is 11.0 Å². The molecule has 0 aromatic heterocycles. The number of nitrogens with zero attached hydrogens (tertiary/aromatic N) is 1. The Bertz CT molecular complexity index is 424. The molecule has 17 heavy (non-hydrogen) atoms. The van der Waals surface area contributed by atoms with Gasteiger partial charge >= 0.3 is 0 Å². The number of para-hydroxylation sites is 1. The summed E-state index contributed by atoms with van der Waals surface area (Å²) in [6, 6.07) is 8.30. The normalized spacial score (nSPS) is 23.5. The van der Waals surface area contributed by atoms with Crippen LogP contribution in [0.3, 0.4) is 0 Å². The molecule has 1 aromatic rings. The third-order valence-corrected chi connectivity index (χ3v) is 3.79. The Labute approximate surface area is 102 Å². The number of carbonyl (C=O) groups excluding carboxylic acids is 1. The van der Waals surface area contributed by atoms with Gasteiger partial charge in [0.2, 0.25) is 5.91 Å². The van der Waals surface area contributed by atoms with Gasteiger partial charge in [-0.3, -0.25) is 4.79 Å². The summed E-state index contributed by atoms with van der Waals surface area (Å²) in [6.07, 6.45) is 3.17. The van der Waals surface area contributed by atoms with Gasteiger partial charge in [0.05, 0.1) is 5.92 Å². The number of rotatable bonds is 1. The van der Waals surface area contributed by atoms with Gasteiger partial charge in [0.15, 0.2) is 0 Å². The summed E-state index contributed by atoms with van der Waals surface area (Å²) in [6.45, 7) is 2.70. The van der Waals surface area contributed by atoms with Gasteiger partial charge < -0.3 is 10.2 Å². The van der Waals surface area contributed by atoms with Gasteiger partial charge in [0.1, 0.15) is 0 Å². The van der Waals surface area contributed by atoms with Gasteiger partial charge in [-0.05, 0) is 37.4 Å². The molecule has 1 unspecified atom stereocenters. The predicted molar refractivity (Wildman–Crippen MR) is 68.1 cm³/mol. The fraction of sp³-hybridized carbons (Fsp3) is 0.500. The van der Waals surface area contributed by atoms with E-state index in [-0.39, 0.29) is 5.92 Å². The van der Waals surface area contributed by atoms with Crippen molar-refractivity contribution < 1.29 is 4.79 Å². The van der Waals surface area contributed by atoms with Gasteiger partial charge in [0, 0.05) is 18.8 Å². The predicted octanol–water partition coefficient (Wildman–Crippen LogP) is 1.58. The number of carbonyl (C=O) groups is 1. The van der Waals surface area contributed by atoms with Crippen LogP contribution in [0.15, 0.2) is 24.3 Å². The van der Waals surface area contributed by atoms with Crippen LogP contribution in [0.1, 0.15) is 18.4 Å². The summed E-state index contributed by atoms with van der Waals surface area (Å²) in [7, 11) is 0. The first-order valence-corrected chi connectivity index (χ1v) is 6.46. The lowest BCUT2D eigenvalue weighted by Crippen LogP contribution is -2.40. The summed E-state index contributed by atoms with van der Waals surface area (Å²) >= 11 is 0. The zero-order chi connectivity index (χ0) is 11.7. The summed E-state index contributed by atoms with van der Waals surface area (Å²) in [5.74, 6) is 0.489. The molecule has 0 bridgehead atoms. The zero-order valence-electron chi connectivity index (χ0n) is 9.98. The van der Waals surface area contributed by atoms with E-state index in [0.717, 1.165) is 44.6 Å². The van der Waals surface area contributed by atoms with Gasteiger partial charge in [-0.1, -0.05) is 18.2 Å². The molecule has 1 N–H and O–H groups in total. The van der Waals surface area contributed by atoms with Crippen LogP contribution in [0, 0.1) is 5.92 Å². The number of fused-ring (bicyclic) bond motifs is 1. The number of benzene rings is 1. The fourth-order valence-electron chi connectivity index (χ4n) is 2.85. The number of hydrogen-bond donors (Lipinski definition) is 1. The summed E-state index contributed by atoms with van der Waals surface area (Å²) < 4.78 is 0. The van der Waals surface area contributed by atoms with Crippen molar-refractivity contribution in [1.29, 1.82) is 0 Å². The molecule has 0 saturated carbocycles. The maximum atomic E-state index is 12.4. The van der Waals surface area contributed by atoms with Crippen LogP contribution in [0.5, 0.6) is 0 Å². The Morgan fingerprint density at radius 1 is 1.35 bits per heavy atom. The third kappa shape index (κ3) is 1.95. The Hall–Kier alpha value is -1.35. The van der Waals surface area contributed by atoms with Crippen molar-refractivity contribution >= 4 is 11.6 Å². The van der Waals surface area contributed by atoms with Crippen LogP contribution < -0.4 is 10.2 Å². The average molecular weight is 230 g/mol. The molecule has 1 fully saturated rings. The van der Waals surface area contributed by atoms with Crippen LogP contribution in [0.4, 0.5) is 5.69 Å². The Balaban J connectivity index is 1.86. The van der Waals surface area contributed by atoms with Crippen molar-refractivity contribution in [3.05, 3.63) is 29.8 Å². The first-order valence-electron chi connectivity index (χ1n) is 6.46. The largest absolute Gasteiger partial charge is 0.316 e. The van der Waals surface area contributed by atoms with Crippen molar-refractivity contribution in [2.45, 2.75) is 19.3 Å². The molecule has 3 rings (SSSR count). The second-order valence-corrected chi connectivity index (χ2v) is 4.91. The van der Waals surface area contributed by atoms with E-state index in [1.54, 1.807) is 0 Å². The highest BCUT2D eigenvalue weighted by atomic mass is 16.2. The van der Waals surface area contributed by atoms with Crippen LogP contribution in [0.2, 0.25) is 0 Å². The topological polar surface area (TPSA) is 32.3 Å². The van der Waals surface area contributed by atoms with E-state index >= 15 is 0 Å². The van der Waals surface area contributed by atoms with E-state index in [4.69, 9.17) is 0 Å². The first-order chi connectivity index (χ1) is 8.36. The SMILES string of the molecule is O=C(C1CCNC1)N1CCCc2ccccc21. The molecule has 2 aliphatic rings. The second-order valence-electron chi connectivity index (χ2n) is 4.91. The third-order valence-electron chi connectivity index (χ3n) is 3.79. The summed E-state index contributed by atoms with van der Waals surface area (Å²) in [5.41, 5.74) is 2.45. The molecule has 1 atom stereocenters. The van der Waals surface area contributed by atoms with Crippen molar-refractivity contribution in [3.8, 4) is 0 Å². The minimum atomic E-state index is 0.182. The lowest BCUT2D eigenvalue weighted by Gasteiger charge is -2.31. The Kier molecular flexibility index (Phi) is 2.85. The minimum absolute atomic E-state index is 0.182. The molecule has 2 aliphatic heterocycles. The van der Waals surface area contributed by atoms with E-state index in [9.17, 15) is 4.79 Å². The molecule has 1 saturated heterocycles. The molecule has 3 heteroatoms. The van der Waals surface area contributed by atoms with E-state index in [2.05, 4.69) is 23.5 Å². The van der Waals surface area contributed by atoms with Crippen LogP contribution in [-0.4, -0.2) is 25.5 Å². The van der Waals surface area contributed by atoms with Gasteiger partial charge in [0.25, 0.3) is 0 Å². The average Bonchev–Trinajstić information content (AvgIpc) is 2.91. The molecule has 0 radical (unpaired) electrons. The van der Waals surface area contributed by atoms with E-state index in [0.29, 0.717) is 5.91 Å². The van der Waals surface area contributed by atoms with Gasteiger partial charge in [-0.25, -0.2) is 0 Å². The molecule has 0 spiro atoms. The lowest BCUT2D eigenvalue weighted by atomic mass is 9.99. The van der Waals surface area contributed by atoms with Gasteiger partial charge in [-0.15, -0.1) is 0 Å². The lowest BCUT2D eigenvalue weighted by molar-refractivity contribution is -0.121. The first kappa shape index (κ1) is 10.8. The van der Waals surface area contributed by atoms with E-state index < -0.39 is 0 Å². The van der Waals surface area contributed by atoms with Crippen molar-refractivity contribution in [3.63, 3.8) is 0 Å². The highest BCUT2D eigenvalue weighted by Gasteiger charge is 2.30.